The lowest BCUT2D eigenvalue weighted by atomic mass is 10.2. The molecule has 1 N–H and O–H groups in total. The first kappa shape index (κ1) is 12.3. The first-order chi connectivity index (χ1) is 6.97. The largest absolute Gasteiger partial charge is 0.528 e. The molecule has 88 valence electrons. The number of nitrogens with zero attached hydrogens (tertiary/aromatic N) is 1. The first-order valence-corrected chi connectivity index (χ1v) is 5.34. The second-order valence-corrected chi connectivity index (χ2v) is 4.59. The van der Waals surface area contributed by atoms with Crippen molar-refractivity contribution in [3.63, 3.8) is 0 Å². The Morgan fingerprint density at radius 3 is 2.67 bits per heavy atom. The molecule has 5 nitrogen and oxygen atoms in total. The van der Waals surface area contributed by atoms with Gasteiger partial charge in [0.2, 0.25) is 0 Å². The normalized spacial score (nSPS) is 19.4. The van der Waals surface area contributed by atoms with Crippen LogP contribution in [0, 0.1) is 0 Å². The molecule has 0 atom stereocenters. The number of hydrogen-bond donors (Lipinski definition) is 1. The van der Waals surface area contributed by atoms with Crippen LogP contribution in [0.4, 0.5) is 4.79 Å². The maximum atomic E-state index is 11.3. The summed E-state index contributed by atoms with van der Waals surface area (Å²) in [5.41, 5.74) is -0.499. The number of rotatable bonds is 1. The molecule has 0 amide bonds. The predicted molar refractivity (Wildman–Crippen MR) is 56.4 cm³/mol. The lowest BCUT2D eigenvalue weighted by Gasteiger charge is -2.22. The van der Waals surface area contributed by atoms with Gasteiger partial charge in [0.15, 0.2) is 0 Å². The molecule has 1 fully saturated rings. The van der Waals surface area contributed by atoms with E-state index in [2.05, 4.69) is 5.32 Å². The highest BCUT2D eigenvalue weighted by atomic mass is 16.8. The maximum Gasteiger partial charge on any atom is 0.528 e. The molecular formula is C10H20N2O3. The Kier molecular flexibility index (Phi) is 4.35. The molecule has 1 saturated heterocycles. The van der Waals surface area contributed by atoms with Crippen LogP contribution in [-0.4, -0.2) is 43.0 Å². The number of carbonyl (C=O) groups excluding carboxylic acids is 1. The first-order valence-electron chi connectivity index (χ1n) is 5.34. The van der Waals surface area contributed by atoms with E-state index in [-0.39, 0.29) is 0 Å². The van der Waals surface area contributed by atoms with Crippen LogP contribution in [0.5, 0.6) is 0 Å². The SMILES string of the molecule is CC(C)(C)OC(=O)ON1CCCNCC1. The fraction of sp³-hybridized carbons (Fsp3) is 0.900. The predicted octanol–water partition coefficient (Wildman–Crippen LogP) is 1.15. The van der Waals surface area contributed by atoms with Crippen molar-refractivity contribution < 1.29 is 14.4 Å². The number of carbonyl (C=O) groups is 1. The topological polar surface area (TPSA) is 50.8 Å². The number of nitrogens with one attached hydrogen (secondary N) is 1. The van der Waals surface area contributed by atoms with E-state index in [9.17, 15) is 4.79 Å². The van der Waals surface area contributed by atoms with E-state index in [1.807, 2.05) is 20.8 Å². The zero-order chi connectivity index (χ0) is 11.3. The minimum Gasteiger partial charge on any atom is -0.427 e. The van der Waals surface area contributed by atoms with Crippen molar-refractivity contribution >= 4 is 6.16 Å². The molecule has 1 aliphatic rings. The summed E-state index contributed by atoms with van der Waals surface area (Å²) in [4.78, 5) is 16.4. The van der Waals surface area contributed by atoms with Crippen molar-refractivity contribution in [1.29, 1.82) is 0 Å². The molecular weight excluding hydrogens is 196 g/mol. The van der Waals surface area contributed by atoms with Crippen LogP contribution >= 0.6 is 0 Å². The van der Waals surface area contributed by atoms with Crippen molar-refractivity contribution in [2.24, 2.45) is 0 Å². The fourth-order valence-electron chi connectivity index (χ4n) is 1.29. The van der Waals surface area contributed by atoms with E-state index in [4.69, 9.17) is 9.57 Å². The summed E-state index contributed by atoms with van der Waals surface area (Å²) in [7, 11) is 0. The molecule has 0 spiro atoms. The summed E-state index contributed by atoms with van der Waals surface area (Å²) in [6.07, 6.45) is 0.354. The molecule has 0 bridgehead atoms. The summed E-state index contributed by atoms with van der Waals surface area (Å²) in [6, 6.07) is 0. The van der Waals surface area contributed by atoms with Crippen molar-refractivity contribution in [3.8, 4) is 0 Å². The van der Waals surface area contributed by atoms with Gasteiger partial charge in [-0.05, 0) is 33.7 Å². The Balaban J connectivity index is 2.30. The lowest BCUT2D eigenvalue weighted by Crippen LogP contribution is -2.34. The Labute approximate surface area is 90.7 Å². The highest BCUT2D eigenvalue weighted by Gasteiger charge is 2.20. The van der Waals surface area contributed by atoms with E-state index in [1.54, 1.807) is 5.06 Å². The molecule has 1 aliphatic heterocycles. The van der Waals surface area contributed by atoms with Gasteiger partial charge in [-0.2, -0.15) is 0 Å². The second kappa shape index (κ2) is 5.32. The Bertz CT molecular complexity index is 205. The standard InChI is InChI=1S/C10H20N2O3/c1-10(2,3)14-9(13)15-12-7-4-5-11-6-8-12/h11H,4-8H2,1-3H3. The van der Waals surface area contributed by atoms with Gasteiger partial charge in [-0.1, -0.05) is 0 Å². The van der Waals surface area contributed by atoms with E-state index < -0.39 is 11.8 Å². The smallest absolute Gasteiger partial charge is 0.427 e. The minimum atomic E-state index is -0.621. The van der Waals surface area contributed by atoms with Crippen LogP contribution in [0.3, 0.4) is 0 Å². The summed E-state index contributed by atoms with van der Waals surface area (Å²) in [6.45, 7) is 8.72. The summed E-state index contributed by atoms with van der Waals surface area (Å²) in [5, 5.41) is 4.87. The average Bonchev–Trinajstić information content (AvgIpc) is 2.28. The van der Waals surface area contributed by atoms with Crippen molar-refractivity contribution in [2.75, 3.05) is 26.2 Å². The van der Waals surface area contributed by atoms with E-state index in [1.165, 1.54) is 0 Å². The highest BCUT2D eigenvalue weighted by Crippen LogP contribution is 2.09. The van der Waals surface area contributed by atoms with Gasteiger partial charge in [0.05, 0.1) is 0 Å². The van der Waals surface area contributed by atoms with Crippen LogP contribution in [0.25, 0.3) is 0 Å². The minimum absolute atomic E-state index is 0.499. The average molecular weight is 216 g/mol. The summed E-state index contributed by atoms with van der Waals surface area (Å²) in [5.74, 6) is 0. The number of hydrogen-bond acceptors (Lipinski definition) is 5. The monoisotopic (exact) mass is 216 g/mol. The molecule has 0 aromatic carbocycles. The van der Waals surface area contributed by atoms with Gasteiger partial charge in [-0.3, -0.25) is 0 Å². The summed E-state index contributed by atoms with van der Waals surface area (Å²) >= 11 is 0. The Hall–Kier alpha value is -0.810. The molecule has 1 heterocycles. The molecule has 0 unspecified atom stereocenters. The molecule has 0 aromatic rings. The molecule has 0 saturated carbocycles. The number of hydroxylamine groups is 2. The fourth-order valence-corrected chi connectivity index (χ4v) is 1.29. The van der Waals surface area contributed by atoms with Crippen molar-refractivity contribution in [3.05, 3.63) is 0 Å². The van der Waals surface area contributed by atoms with Gasteiger partial charge < -0.3 is 14.9 Å². The van der Waals surface area contributed by atoms with Crippen LogP contribution in [0.2, 0.25) is 0 Å². The van der Waals surface area contributed by atoms with Gasteiger partial charge in [0, 0.05) is 19.6 Å². The molecule has 0 radical (unpaired) electrons. The van der Waals surface area contributed by atoms with Gasteiger partial charge >= 0.3 is 6.16 Å². The van der Waals surface area contributed by atoms with E-state index in [0.29, 0.717) is 6.54 Å². The lowest BCUT2D eigenvalue weighted by molar-refractivity contribution is -0.139. The third-order valence-electron chi connectivity index (χ3n) is 1.89. The quantitative estimate of drug-likeness (QED) is 0.666. The zero-order valence-electron chi connectivity index (χ0n) is 9.71. The van der Waals surface area contributed by atoms with Crippen molar-refractivity contribution in [2.45, 2.75) is 32.8 Å². The highest BCUT2D eigenvalue weighted by molar-refractivity contribution is 5.60. The molecule has 0 aromatic heterocycles. The zero-order valence-corrected chi connectivity index (χ0v) is 9.71. The van der Waals surface area contributed by atoms with Crippen LogP contribution in [-0.2, 0) is 9.57 Å². The van der Waals surface area contributed by atoms with Crippen LogP contribution < -0.4 is 5.32 Å². The second-order valence-electron chi connectivity index (χ2n) is 4.59. The molecule has 15 heavy (non-hydrogen) atoms. The van der Waals surface area contributed by atoms with Gasteiger partial charge in [-0.15, -0.1) is 5.06 Å². The molecule has 0 aliphatic carbocycles. The summed E-state index contributed by atoms with van der Waals surface area (Å²) < 4.78 is 5.06. The van der Waals surface area contributed by atoms with Gasteiger partial charge in [0.1, 0.15) is 5.60 Å². The Morgan fingerprint density at radius 1 is 1.27 bits per heavy atom. The Morgan fingerprint density at radius 2 is 2.00 bits per heavy atom. The number of ether oxygens (including phenoxy) is 1. The van der Waals surface area contributed by atoms with Crippen LogP contribution in [0.15, 0.2) is 0 Å². The molecule has 1 rings (SSSR count). The third-order valence-corrected chi connectivity index (χ3v) is 1.89. The maximum absolute atomic E-state index is 11.3. The van der Waals surface area contributed by atoms with E-state index >= 15 is 0 Å². The third kappa shape index (κ3) is 5.59. The van der Waals surface area contributed by atoms with Gasteiger partial charge in [-0.25, -0.2) is 4.79 Å². The van der Waals surface area contributed by atoms with Crippen LogP contribution in [0.1, 0.15) is 27.2 Å². The van der Waals surface area contributed by atoms with E-state index in [0.717, 1.165) is 26.1 Å². The van der Waals surface area contributed by atoms with Gasteiger partial charge in [0.25, 0.3) is 0 Å². The van der Waals surface area contributed by atoms with Crippen molar-refractivity contribution in [1.82, 2.24) is 10.4 Å². The molecule has 5 heteroatoms.